The summed E-state index contributed by atoms with van der Waals surface area (Å²) in [5, 5.41) is 9.23. The van der Waals surface area contributed by atoms with Crippen LogP contribution >= 0.6 is 0 Å². The summed E-state index contributed by atoms with van der Waals surface area (Å²) in [6, 6.07) is 3.48. The summed E-state index contributed by atoms with van der Waals surface area (Å²) in [6.45, 7) is 3.43. The van der Waals surface area contributed by atoms with Crippen LogP contribution in [-0.4, -0.2) is 42.8 Å². The van der Waals surface area contributed by atoms with E-state index in [1.807, 2.05) is 24.0 Å². The number of ether oxygens (including phenoxy) is 2. The molecular formula is C15H21NO4. The van der Waals surface area contributed by atoms with Crippen LogP contribution in [0.2, 0.25) is 0 Å². The van der Waals surface area contributed by atoms with Crippen LogP contribution in [0.5, 0.6) is 11.5 Å². The number of aliphatic carboxylic acids is 1. The van der Waals surface area contributed by atoms with Gasteiger partial charge in [-0.3, -0.25) is 9.69 Å². The van der Waals surface area contributed by atoms with Gasteiger partial charge in [-0.1, -0.05) is 6.07 Å². The fourth-order valence-electron chi connectivity index (χ4n) is 2.81. The van der Waals surface area contributed by atoms with E-state index in [1.165, 1.54) is 0 Å². The Morgan fingerprint density at radius 2 is 2.15 bits per heavy atom. The molecule has 5 nitrogen and oxygen atoms in total. The Hall–Kier alpha value is -1.75. The van der Waals surface area contributed by atoms with Crippen molar-refractivity contribution in [1.29, 1.82) is 0 Å². The maximum Gasteiger partial charge on any atom is 0.320 e. The Balaban J connectivity index is 2.23. The summed E-state index contributed by atoms with van der Waals surface area (Å²) < 4.78 is 10.7. The molecule has 1 aromatic rings. The van der Waals surface area contributed by atoms with Crippen LogP contribution in [0.15, 0.2) is 12.1 Å². The molecule has 0 bridgehead atoms. The van der Waals surface area contributed by atoms with E-state index >= 15 is 0 Å². The molecule has 0 amide bonds. The van der Waals surface area contributed by atoms with Gasteiger partial charge < -0.3 is 14.6 Å². The van der Waals surface area contributed by atoms with Crippen molar-refractivity contribution in [3.63, 3.8) is 0 Å². The molecular weight excluding hydrogens is 258 g/mol. The molecule has 1 aliphatic rings. The van der Waals surface area contributed by atoms with Gasteiger partial charge in [0.15, 0.2) is 11.5 Å². The zero-order chi connectivity index (χ0) is 14.7. The highest BCUT2D eigenvalue weighted by Gasteiger charge is 2.30. The van der Waals surface area contributed by atoms with E-state index in [9.17, 15) is 9.90 Å². The standard InChI is InChI=1S/C15H21NO4/c1-10-11(6-7-13(19-2)14(10)20-3)9-16-8-4-5-12(16)15(17)18/h6-7,12H,4-5,8-9H2,1-3H3,(H,17,18). The fourth-order valence-corrected chi connectivity index (χ4v) is 2.81. The van der Waals surface area contributed by atoms with Crippen molar-refractivity contribution < 1.29 is 19.4 Å². The van der Waals surface area contributed by atoms with Crippen molar-refractivity contribution in [2.75, 3.05) is 20.8 Å². The van der Waals surface area contributed by atoms with Gasteiger partial charge >= 0.3 is 5.97 Å². The molecule has 1 atom stereocenters. The largest absolute Gasteiger partial charge is 0.493 e. The van der Waals surface area contributed by atoms with Crippen molar-refractivity contribution in [1.82, 2.24) is 4.90 Å². The second-order valence-corrected chi connectivity index (χ2v) is 5.05. The van der Waals surface area contributed by atoms with Gasteiger partial charge in [-0.15, -0.1) is 0 Å². The maximum atomic E-state index is 11.2. The number of carboxylic acids is 1. The Labute approximate surface area is 119 Å². The fraction of sp³-hybridized carbons (Fsp3) is 0.533. The van der Waals surface area contributed by atoms with Crippen LogP contribution in [-0.2, 0) is 11.3 Å². The van der Waals surface area contributed by atoms with Crippen molar-refractivity contribution in [2.45, 2.75) is 32.4 Å². The summed E-state index contributed by atoms with van der Waals surface area (Å²) in [5.74, 6) is 0.682. The van der Waals surface area contributed by atoms with E-state index in [4.69, 9.17) is 9.47 Å². The SMILES string of the molecule is COc1ccc(CN2CCCC2C(=O)O)c(C)c1OC. The maximum absolute atomic E-state index is 11.2. The van der Waals surface area contributed by atoms with E-state index < -0.39 is 5.97 Å². The van der Waals surface area contributed by atoms with Gasteiger partial charge in [0.2, 0.25) is 0 Å². The first-order valence-corrected chi connectivity index (χ1v) is 6.75. The molecule has 0 aliphatic carbocycles. The number of rotatable bonds is 5. The second-order valence-electron chi connectivity index (χ2n) is 5.05. The quantitative estimate of drug-likeness (QED) is 0.894. The van der Waals surface area contributed by atoms with Gasteiger partial charge in [-0.25, -0.2) is 0 Å². The molecule has 0 aromatic heterocycles. The first-order valence-electron chi connectivity index (χ1n) is 6.75. The van der Waals surface area contributed by atoms with Gasteiger partial charge in [-0.2, -0.15) is 0 Å². The molecule has 1 fully saturated rings. The van der Waals surface area contributed by atoms with Crippen molar-refractivity contribution in [2.24, 2.45) is 0 Å². The molecule has 110 valence electrons. The summed E-state index contributed by atoms with van der Waals surface area (Å²) >= 11 is 0. The lowest BCUT2D eigenvalue weighted by Gasteiger charge is -2.23. The Kier molecular flexibility index (Phi) is 4.49. The average Bonchev–Trinajstić information content (AvgIpc) is 2.89. The number of hydrogen-bond acceptors (Lipinski definition) is 4. The first-order chi connectivity index (χ1) is 9.58. The van der Waals surface area contributed by atoms with Crippen LogP contribution in [0.25, 0.3) is 0 Å². The molecule has 1 N–H and O–H groups in total. The molecule has 0 spiro atoms. The third kappa shape index (κ3) is 2.72. The van der Waals surface area contributed by atoms with Crippen LogP contribution in [0.3, 0.4) is 0 Å². The van der Waals surface area contributed by atoms with E-state index in [0.29, 0.717) is 12.3 Å². The number of carboxylic acid groups (broad SMARTS) is 1. The number of benzene rings is 1. The molecule has 1 aromatic carbocycles. The molecule has 5 heteroatoms. The number of carbonyl (C=O) groups is 1. The molecule has 1 aliphatic heterocycles. The van der Waals surface area contributed by atoms with Gasteiger partial charge in [-0.05, 0) is 43.5 Å². The summed E-state index contributed by atoms with van der Waals surface area (Å²) in [4.78, 5) is 13.2. The zero-order valence-electron chi connectivity index (χ0n) is 12.2. The van der Waals surface area contributed by atoms with Crippen molar-refractivity contribution >= 4 is 5.97 Å². The van der Waals surface area contributed by atoms with E-state index in [0.717, 1.165) is 36.3 Å². The lowest BCUT2D eigenvalue weighted by molar-refractivity contribution is -0.142. The Bertz CT molecular complexity index is 501. The third-order valence-electron chi connectivity index (χ3n) is 3.93. The van der Waals surface area contributed by atoms with E-state index in [-0.39, 0.29) is 6.04 Å². The molecule has 1 saturated heterocycles. The molecule has 1 heterocycles. The van der Waals surface area contributed by atoms with Crippen molar-refractivity contribution in [3.8, 4) is 11.5 Å². The summed E-state index contributed by atoms with van der Waals surface area (Å²) in [6.07, 6.45) is 1.66. The highest BCUT2D eigenvalue weighted by Crippen LogP contribution is 2.34. The molecule has 2 rings (SSSR count). The van der Waals surface area contributed by atoms with Crippen LogP contribution < -0.4 is 9.47 Å². The summed E-state index contributed by atoms with van der Waals surface area (Å²) in [5.41, 5.74) is 2.08. The topological polar surface area (TPSA) is 59.0 Å². The highest BCUT2D eigenvalue weighted by molar-refractivity contribution is 5.73. The summed E-state index contributed by atoms with van der Waals surface area (Å²) in [7, 11) is 3.22. The minimum Gasteiger partial charge on any atom is -0.493 e. The van der Waals surface area contributed by atoms with Gasteiger partial charge in [0, 0.05) is 6.54 Å². The first kappa shape index (κ1) is 14.7. The average molecular weight is 279 g/mol. The van der Waals surface area contributed by atoms with E-state index in [1.54, 1.807) is 14.2 Å². The third-order valence-corrected chi connectivity index (χ3v) is 3.93. The molecule has 1 unspecified atom stereocenters. The van der Waals surface area contributed by atoms with Gasteiger partial charge in [0.05, 0.1) is 14.2 Å². The lowest BCUT2D eigenvalue weighted by atomic mass is 10.1. The number of nitrogens with zero attached hydrogens (tertiary/aromatic N) is 1. The number of methoxy groups -OCH3 is 2. The molecule has 0 radical (unpaired) electrons. The minimum atomic E-state index is -0.736. The second kappa shape index (κ2) is 6.13. The highest BCUT2D eigenvalue weighted by atomic mass is 16.5. The zero-order valence-corrected chi connectivity index (χ0v) is 12.2. The number of likely N-dealkylation sites (tertiary alicyclic amines) is 1. The van der Waals surface area contributed by atoms with Gasteiger partial charge in [0.1, 0.15) is 6.04 Å². The van der Waals surface area contributed by atoms with Gasteiger partial charge in [0.25, 0.3) is 0 Å². The van der Waals surface area contributed by atoms with Crippen LogP contribution in [0.1, 0.15) is 24.0 Å². The van der Waals surface area contributed by atoms with Crippen molar-refractivity contribution in [3.05, 3.63) is 23.3 Å². The predicted octanol–water partition coefficient (Wildman–Crippen LogP) is 2.06. The van der Waals surface area contributed by atoms with E-state index in [2.05, 4.69) is 0 Å². The monoisotopic (exact) mass is 279 g/mol. The normalized spacial score (nSPS) is 19.1. The smallest absolute Gasteiger partial charge is 0.320 e. The number of hydrogen-bond donors (Lipinski definition) is 1. The van der Waals surface area contributed by atoms with Crippen LogP contribution in [0, 0.1) is 6.92 Å². The molecule has 20 heavy (non-hydrogen) atoms. The minimum absolute atomic E-state index is 0.373. The predicted molar refractivity (Wildman–Crippen MR) is 75.4 cm³/mol. The lowest BCUT2D eigenvalue weighted by Crippen LogP contribution is -2.35. The Morgan fingerprint density at radius 3 is 2.75 bits per heavy atom. The van der Waals surface area contributed by atoms with Crippen LogP contribution in [0.4, 0.5) is 0 Å². The molecule has 0 saturated carbocycles. The Morgan fingerprint density at radius 1 is 1.40 bits per heavy atom.